The van der Waals surface area contributed by atoms with Gasteiger partial charge >= 0.3 is 11.4 Å². The summed E-state index contributed by atoms with van der Waals surface area (Å²) in [5, 5.41) is 24.3. The van der Waals surface area contributed by atoms with Crippen molar-refractivity contribution in [1.29, 1.82) is 0 Å². The Morgan fingerprint density at radius 3 is 2.27 bits per heavy atom. The van der Waals surface area contributed by atoms with Crippen molar-refractivity contribution in [3.8, 4) is 11.4 Å². The van der Waals surface area contributed by atoms with Crippen LogP contribution in [0.5, 0.6) is 0 Å². The van der Waals surface area contributed by atoms with E-state index in [9.17, 15) is 25.0 Å². The van der Waals surface area contributed by atoms with Gasteiger partial charge < -0.3 is 10.3 Å². The summed E-state index contributed by atoms with van der Waals surface area (Å²) < 4.78 is 0. The van der Waals surface area contributed by atoms with E-state index >= 15 is 0 Å². The summed E-state index contributed by atoms with van der Waals surface area (Å²) in [6, 6.07) is 9.72. The highest BCUT2D eigenvalue weighted by Gasteiger charge is 2.24. The molecule has 2 aromatic carbocycles. The number of nitrogens with one attached hydrogen (secondary N) is 2. The van der Waals surface area contributed by atoms with Crippen molar-refractivity contribution in [2.24, 2.45) is 0 Å². The number of hydrogen-bond acceptors (Lipinski definition) is 6. The van der Waals surface area contributed by atoms with E-state index in [-0.39, 0.29) is 5.69 Å². The third kappa shape index (κ3) is 3.38. The monoisotopic (exact) mass is 353 g/mol. The summed E-state index contributed by atoms with van der Waals surface area (Å²) >= 11 is 0. The van der Waals surface area contributed by atoms with Gasteiger partial charge in [-0.25, -0.2) is 4.98 Å². The Labute approximate surface area is 145 Å². The van der Waals surface area contributed by atoms with Crippen LogP contribution in [0.4, 0.5) is 17.1 Å². The Bertz CT molecular complexity index is 983. The SMILES string of the molecule is O=C(Nc1ccc([N+](=O)[O-])c([N+](=O)[O-])c1)c1ccc(-c2ncc[nH]2)cc1. The number of carbonyl (C=O) groups excluding carboxylic acids is 1. The highest BCUT2D eigenvalue weighted by molar-refractivity contribution is 6.04. The Balaban J connectivity index is 1.80. The number of hydrogen-bond donors (Lipinski definition) is 2. The average molecular weight is 353 g/mol. The molecule has 26 heavy (non-hydrogen) atoms. The van der Waals surface area contributed by atoms with E-state index in [4.69, 9.17) is 0 Å². The molecule has 0 radical (unpaired) electrons. The fourth-order valence-corrected chi connectivity index (χ4v) is 2.31. The predicted octanol–water partition coefficient (Wildman–Crippen LogP) is 3.15. The molecule has 0 aliphatic carbocycles. The Hall–Kier alpha value is -4.08. The molecule has 1 aromatic heterocycles. The number of imidazole rings is 1. The standard InChI is InChI=1S/C16H11N5O5/c22-16(11-3-1-10(2-4-11)15-17-7-8-18-15)19-12-5-6-13(20(23)24)14(9-12)21(25)26/h1-9H,(H,17,18)(H,19,22). The van der Waals surface area contributed by atoms with Gasteiger partial charge in [0.05, 0.1) is 9.85 Å². The molecule has 0 spiro atoms. The molecule has 0 aliphatic heterocycles. The molecule has 0 unspecified atom stereocenters. The van der Waals surface area contributed by atoms with Crippen LogP contribution in [0.25, 0.3) is 11.4 Å². The number of nitro benzene ring substituents is 2. The second-order valence-corrected chi connectivity index (χ2v) is 5.19. The number of aromatic nitrogens is 2. The van der Waals surface area contributed by atoms with Gasteiger partial charge in [-0.15, -0.1) is 0 Å². The number of carbonyl (C=O) groups is 1. The molecule has 2 N–H and O–H groups in total. The third-order valence-electron chi connectivity index (χ3n) is 3.55. The first kappa shape index (κ1) is 16.8. The number of nitro groups is 2. The van der Waals surface area contributed by atoms with Crippen molar-refractivity contribution in [3.63, 3.8) is 0 Å². The van der Waals surface area contributed by atoms with Gasteiger partial charge in [-0.3, -0.25) is 25.0 Å². The lowest BCUT2D eigenvalue weighted by Crippen LogP contribution is -2.12. The van der Waals surface area contributed by atoms with Gasteiger partial charge in [-0.1, -0.05) is 12.1 Å². The Morgan fingerprint density at radius 2 is 1.69 bits per heavy atom. The zero-order valence-corrected chi connectivity index (χ0v) is 13.1. The van der Waals surface area contributed by atoms with Gasteiger partial charge in [-0.05, 0) is 18.2 Å². The predicted molar refractivity (Wildman–Crippen MR) is 91.7 cm³/mol. The van der Waals surface area contributed by atoms with E-state index in [1.807, 2.05) is 0 Å². The molecule has 10 nitrogen and oxygen atoms in total. The molecule has 3 rings (SSSR count). The number of H-pyrrole nitrogens is 1. The van der Waals surface area contributed by atoms with E-state index in [2.05, 4.69) is 15.3 Å². The summed E-state index contributed by atoms with van der Waals surface area (Å²) in [6.45, 7) is 0. The molecule has 0 fully saturated rings. The molecular formula is C16H11N5O5. The maximum Gasteiger partial charge on any atom is 0.348 e. The maximum absolute atomic E-state index is 12.3. The van der Waals surface area contributed by atoms with E-state index < -0.39 is 27.1 Å². The largest absolute Gasteiger partial charge is 0.348 e. The van der Waals surface area contributed by atoms with Crippen molar-refractivity contribution < 1.29 is 14.6 Å². The van der Waals surface area contributed by atoms with E-state index in [1.165, 1.54) is 6.07 Å². The van der Waals surface area contributed by atoms with Crippen molar-refractivity contribution in [1.82, 2.24) is 9.97 Å². The van der Waals surface area contributed by atoms with E-state index in [0.717, 1.165) is 17.7 Å². The van der Waals surface area contributed by atoms with Gasteiger partial charge in [-0.2, -0.15) is 0 Å². The third-order valence-corrected chi connectivity index (χ3v) is 3.55. The molecule has 10 heteroatoms. The van der Waals surface area contributed by atoms with Gasteiger partial charge in [0.2, 0.25) is 0 Å². The lowest BCUT2D eigenvalue weighted by Gasteiger charge is -2.06. The normalized spacial score (nSPS) is 10.3. The van der Waals surface area contributed by atoms with Crippen LogP contribution in [0.3, 0.4) is 0 Å². The van der Waals surface area contributed by atoms with Crippen molar-refractivity contribution in [2.45, 2.75) is 0 Å². The highest BCUT2D eigenvalue weighted by Crippen LogP contribution is 2.29. The Morgan fingerprint density at radius 1 is 1.00 bits per heavy atom. The van der Waals surface area contributed by atoms with Crippen LogP contribution >= 0.6 is 0 Å². The van der Waals surface area contributed by atoms with Crippen molar-refractivity contribution in [2.75, 3.05) is 5.32 Å². The molecular weight excluding hydrogens is 342 g/mol. The summed E-state index contributed by atoms with van der Waals surface area (Å²) in [5.74, 6) is 0.155. The molecule has 1 heterocycles. The summed E-state index contributed by atoms with van der Waals surface area (Å²) in [5.41, 5.74) is -0.141. The van der Waals surface area contributed by atoms with Crippen LogP contribution in [0.1, 0.15) is 10.4 Å². The molecule has 0 bridgehead atoms. The van der Waals surface area contributed by atoms with Crippen LogP contribution in [-0.4, -0.2) is 25.7 Å². The van der Waals surface area contributed by atoms with Crippen LogP contribution < -0.4 is 5.32 Å². The van der Waals surface area contributed by atoms with Crippen LogP contribution in [-0.2, 0) is 0 Å². The minimum absolute atomic E-state index is 0.0856. The molecule has 0 atom stereocenters. The molecule has 130 valence electrons. The van der Waals surface area contributed by atoms with Crippen LogP contribution in [0.15, 0.2) is 54.9 Å². The van der Waals surface area contributed by atoms with Gasteiger partial charge in [0.25, 0.3) is 5.91 Å². The minimum Gasteiger partial charge on any atom is -0.345 e. The molecule has 0 saturated carbocycles. The number of amides is 1. The van der Waals surface area contributed by atoms with Crippen molar-refractivity contribution >= 4 is 23.0 Å². The summed E-state index contributed by atoms with van der Waals surface area (Å²) in [4.78, 5) is 39.4. The number of rotatable bonds is 5. The fourth-order valence-electron chi connectivity index (χ4n) is 2.31. The maximum atomic E-state index is 12.3. The lowest BCUT2D eigenvalue weighted by molar-refractivity contribution is -0.422. The summed E-state index contributed by atoms with van der Waals surface area (Å²) in [6.07, 6.45) is 3.29. The quantitative estimate of drug-likeness (QED) is 0.532. The summed E-state index contributed by atoms with van der Waals surface area (Å²) in [7, 11) is 0. The van der Waals surface area contributed by atoms with Crippen molar-refractivity contribution in [3.05, 3.63) is 80.7 Å². The molecule has 1 amide bonds. The topological polar surface area (TPSA) is 144 Å². The molecule has 0 saturated heterocycles. The highest BCUT2D eigenvalue weighted by atomic mass is 16.6. The van der Waals surface area contributed by atoms with Gasteiger partial charge in [0, 0.05) is 41.3 Å². The zero-order valence-electron chi connectivity index (χ0n) is 13.1. The van der Waals surface area contributed by atoms with Crippen LogP contribution in [0, 0.1) is 20.2 Å². The lowest BCUT2D eigenvalue weighted by atomic mass is 10.1. The average Bonchev–Trinajstić information content (AvgIpc) is 3.16. The number of anilines is 1. The number of aromatic amines is 1. The Kier molecular flexibility index (Phi) is 4.39. The molecule has 0 aliphatic rings. The fraction of sp³-hybridized carbons (Fsp3) is 0. The van der Waals surface area contributed by atoms with Gasteiger partial charge in [0.15, 0.2) is 0 Å². The first-order chi connectivity index (χ1) is 12.5. The second-order valence-electron chi connectivity index (χ2n) is 5.19. The first-order valence-electron chi connectivity index (χ1n) is 7.29. The van der Waals surface area contributed by atoms with E-state index in [0.29, 0.717) is 11.4 Å². The molecule has 3 aromatic rings. The second kappa shape index (κ2) is 6.81. The smallest absolute Gasteiger partial charge is 0.345 e. The van der Waals surface area contributed by atoms with Crippen LogP contribution in [0.2, 0.25) is 0 Å². The minimum atomic E-state index is -0.869. The van der Waals surface area contributed by atoms with Gasteiger partial charge in [0.1, 0.15) is 5.82 Å². The zero-order chi connectivity index (χ0) is 18.7. The first-order valence-corrected chi connectivity index (χ1v) is 7.29. The number of benzene rings is 2. The van der Waals surface area contributed by atoms with E-state index in [1.54, 1.807) is 36.7 Å². The number of nitrogens with zero attached hydrogens (tertiary/aromatic N) is 3.